The van der Waals surface area contributed by atoms with Crippen LogP contribution in [0.5, 0.6) is 0 Å². The first-order chi connectivity index (χ1) is 9.94. The molecule has 2 nitrogen and oxygen atoms in total. The second-order valence-electron chi connectivity index (χ2n) is 5.77. The average Bonchev–Trinajstić information content (AvgIpc) is 2.37. The Labute approximate surface area is 129 Å². The van der Waals surface area contributed by atoms with Gasteiger partial charge in [-0.05, 0) is 31.9 Å². The Morgan fingerprint density at radius 2 is 1.67 bits per heavy atom. The molecule has 21 heavy (non-hydrogen) atoms. The van der Waals surface area contributed by atoms with Crippen LogP contribution in [0.2, 0.25) is 0 Å². The van der Waals surface area contributed by atoms with Crippen LogP contribution in [0, 0.1) is 20.8 Å². The first-order valence-electron chi connectivity index (χ1n) is 7.18. The van der Waals surface area contributed by atoms with Crippen LogP contribution in [0.25, 0.3) is 0 Å². The molecule has 0 spiro atoms. The monoisotopic (exact) mass is 301 g/mol. The van der Waals surface area contributed by atoms with E-state index in [0.717, 1.165) is 11.1 Å². The zero-order valence-electron chi connectivity index (χ0n) is 12.9. The van der Waals surface area contributed by atoms with Crippen molar-refractivity contribution in [3.8, 4) is 0 Å². The molecule has 2 unspecified atom stereocenters. The molecular formula is C18H23NOS. The van der Waals surface area contributed by atoms with Crippen molar-refractivity contribution in [2.75, 3.05) is 5.75 Å². The number of aryl methyl sites for hydroxylation is 3. The van der Waals surface area contributed by atoms with Crippen LogP contribution in [-0.4, -0.2) is 9.96 Å². The number of benzene rings is 2. The second kappa shape index (κ2) is 7.01. The van der Waals surface area contributed by atoms with Gasteiger partial charge in [0.15, 0.2) is 0 Å². The molecule has 0 aliphatic rings. The van der Waals surface area contributed by atoms with Gasteiger partial charge in [0, 0.05) is 28.3 Å². The van der Waals surface area contributed by atoms with Crippen molar-refractivity contribution in [1.29, 1.82) is 0 Å². The van der Waals surface area contributed by atoms with Gasteiger partial charge in [0.1, 0.15) is 0 Å². The molecule has 0 saturated heterocycles. The van der Waals surface area contributed by atoms with Crippen molar-refractivity contribution in [2.24, 2.45) is 5.73 Å². The van der Waals surface area contributed by atoms with E-state index >= 15 is 0 Å². The standard InChI is InChI=1S/C18H23NOS/c1-13-5-4-6-17(10-13)18(19)12-21(20)11-16-8-14(2)7-15(3)9-16/h4-10,18H,11-12,19H2,1-3H3. The molecule has 2 atom stereocenters. The van der Waals surface area contributed by atoms with Crippen LogP contribution >= 0.6 is 0 Å². The molecule has 2 rings (SSSR count). The summed E-state index contributed by atoms with van der Waals surface area (Å²) in [6.45, 7) is 6.18. The lowest BCUT2D eigenvalue weighted by atomic mass is 10.1. The summed E-state index contributed by atoms with van der Waals surface area (Å²) >= 11 is 0. The molecule has 0 heterocycles. The van der Waals surface area contributed by atoms with Gasteiger partial charge in [-0.2, -0.15) is 0 Å². The molecule has 2 N–H and O–H groups in total. The van der Waals surface area contributed by atoms with Gasteiger partial charge < -0.3 is 5.73 Å². The van der Waals surface area contributed by atoms with Crippen molar-refractivity contribution in [3.63, 3.8) is 0 Å². The first kappa shape index (κ1) is 15.9. The van der Waals surface area contributed by atoms with Gasteiger partial charge >= 0.3 is 0 Å². The fourth-order valence-corrected chi connectivity index (χ4v) is 3.84. The first-order valence-corrected chi connectivity index (χ1v) is 8.67. The highest BCUT2D eigenvalue weighted by Gasteiger charge is 2.11. The van der Waals surface area contributed by atoms with Gasteiger partial charge in [0.2, 0.25) is 0 Å². The number of hydrogen-bond acceptors (Lipinski definition) is 2. The van der Waals surface area contributed by atoms with Crippen molar-refractivity contribution < 1.29 is 4.21 Å². The normalized spacial score (nSPS) is 13.9. The molecule has 0 aliphatic heterocycles. The molecule has 0 radical (unpaired) electrons. The Bertz CT molecular complexity index is 631. The van der Waals surface area contributed by atoms with Crippen molar-refractivity contribution in [1.82, 2.24) is 0 Å². The van der Waals surface area contributed by atoms with Crippen molar-refractivity contribution in [3.05, 3.63) is 70.3 Å². The minimum atomic E-state index is -0.950. The van der Waals surface area contributed by atoms with Gasteiger partial charge in [-0.3, -0.25) is 4.21 Å². The zero-order valence-corrected chi connectivity index (χ0v) is 13.7. The smallest absolute Gasteiger partial charge is 0.0486 e. The maximum atomic E-state index is 12.3. The number of rotatable bonds is 5. The summed E-state index contributed by atoms with van der Waals surface area (Å²) in [5, 5.41) is 0. The SMILES string of the molecule is Cc1cc(C)cc(CS(=O)CC(N)c2cccc(C)c2)c1. The Balaban J connectivity index is 2.01. The second-order valence-corrected chi connectivity index (χ2v) is 7.27. The molecule has 2 aromatic carbocycles. The third kappa shape index (κ3) is 4.80. The van der Waals surface area contributed by atoms with Crippen LogP contribution in [0.4, 0.5) is 0 Å². The number of hydrogen-bond donors (Lipinski definition) is 1. The summed E-state index contributed by atoms with van der Waals surface area (Å²) in [5.74, 6) is 1.07. The lowest BCUT2D eigenvalue weighted by molar-refractivity contribution is 0.674. The Morgan fingerprint density at radius 3 is 2.29 bits per heavy atom. The summed E-state index contributed by atoms with van der Waals surface area (Å²) in [5.41, 5.74) is 12.0. The van der Waals surface area contributed by atoms with Crippen LogP contribution in [0.15, 0.2) is 42.5 Å². The minimum Gasteiger partial charge on any atom is -0.323 e. The van der Waals surface area contributed by atoms with Crippen LogP contribution < -0.4 is 5.73 Å². The van der Waals surface area contributed by atoms with Gasteiger partial charge in [-0.1, -0.05) is 59.2 Å². The summed E-state index contributed by atoms with van der Waals surface area (Å²) in [6.07, 6.45) is 0. The lowest BCUT2D eigenvalue weighted by Gasteiger charge is -2.13. The summed E-state index contributed by atoms with van der Waals surface area (Å²) in [7, 11) is -0.950. The molecule has 0 fully saturated rings. The fourth-order valence-electron chi connectivity index (χ4n) is 2.59. The number of nitrogens with two attached hydrogens (primary N) is 1. The maximum Gasteiger partial charge on any atom is 0.0486 e. The van der Waals surface area contributed by atoms with Gasteiger partial charge in [0.05, 0.1) is 0 Å². The molecule has 0 aliphatic carbocycles. The summed E-state index contributed by atoms with van der Waals surface area (Å²) < 4.78 is 12.3. The molecule has 3 heteroatoms. The highest BCUT2D eigenvalue weighted by atomic mass is 32.2. The molecule has 0 saturated carbocycles. The third-order valence-corrected chi connectivity index (χ3v) is 4.83. The van der Waals surface area contributed by atoms with Crippen LogP contribution in [0.3, 0.4) is 0 Å². The molecule has 0 bridgehead atoms. The van der Waals surface area contributed by atoms with Gasteiger partial charge in [-0.25, -0.2) is 0 Å². The summed E-state index contributed by atoms with van der Waals surface area (Å²) in [6, 6.07) is 14.3. The fraction of sp³-hybridized carbons (Fsp3) is 0.333. The molecular weight excluding hydrogens is 278 g/mol. The Morgan fingerprint density at radius 1 is 1.00 bits per heavy atom. The Hall–Kier alpha value is -1.45. The van der Waals surface area contributed by atoms with E-state index in [1.54, 1.807) is 0 Å². The molecule has 112 valence electrons. The van der Waals surface area contributed by atoms with Gasteiger partial charge in [-0.15, -0.1) is 0 Å². The van der Waals surface area contributed by atoms with E-state index in [-0.39, 0.29) is 6.04 Å². The predicted molar refractivity (Wildman–Crippen MR) is 90.7 cm³/mol. The molecule has 0 aromatic heterocycles. The van der Waals surface area contributed by atoms with Crippen LogP contribution in [-0.2, 0) is 16.6 Å². The predicted octanol–water partition coefficient (Wildman–Crippen LogP) is 3.56. The lowest BCUT2D eigenvalue weighted by Crippen LogP contribution is -2.19. The zero-order chi connectivity index (χ0) is 15.4. The van der Waals surface area contributed by atoms with Crippen molar-refractivity contribution >= 4 is 10.8 Å². The van der Waals surface area contributed by atoms with Crippen LogP contribution in [0.1, 0.15) is 33.9 Å². The average molecular weight is 301 g/mol. The van der Waals surface area contributed by atoms with E-state index in [4.69, 9.17) is 5.73 Å². The molecule has 2 aromatic rings. The Kier molecular flexibility index (Phi) is 5.32. The van der Waals surface area contributed by atoms with Gasteiger partial charge in [0.25, 0.3) is 0 Å². The third-order valence-electron chi connectivity index (χ3n) is 3.44. The van der Waals surface area contributed by atoms with E-state index in [9.17, 15) is 4.21 Å². The van der Waals surface area contributed by atoms with E-state index < -0.39 is 10.8 Å². The highest BCUT2D eigenvalue weighted by Crippen LogP contribution is 2.16. The molecule has 0 amide bonds. The summed E-state index contributed by atoms with van der Waals surface area (Å²) in [4.78, 5) is 0. The quantitative estimate of drug-likeness (QED) is 0.917. The van der Waals surface area contributed by atoms with E-state index in [1.807, 2.05) is 25.1 Å². The maximum absolute atomic E-state index is 12.3. The topological polar surface area (TPSA) is 43.1 Å². The largest absolute Gasteiger partial charge is 0.323 e. The van der Waals surface area contributed by atoms with Crippen molar-refractivity contribution in [2.45, 2.75) is 32.6 Å². The highest BCUT2D eigenvalue weighted by molar-refractivity contribution is 7.84. The van der Waals surface area contributed by atoms with E-state index in [0.29, 0.717) is 11.5 Å². The minimum absolute atomic E-state index is 0.170. The van der Waals surface area contributed by atoms with E-state index in [1.165, 1.54) is 16.7 Å². The van der Waals surface area contributed by atoms with E-state index in [2.05, 4.69) is 38.1 Å².